The third-order valence-electron chi connectivity index (χ3n) is 4.08. The highest BCUT2D eigenvalue weighted by molar-refractivity contribution is 6.31. The number of carbonyl (C=O) groups is 1. The van der Waals surface area contributed by atoms with Crippen molar-refractivity contribution in [2.45, 2.75) is 19.4 Å². The van der Waals surface area contributed by atoms with Crippen LogP contribution >= 0.6 is 11.6 Å². The van der Waals surface area contributed by atoms with Crippen molar-refractivity contribution in [1.29, 1.82) is 0 Å². The molecule has 0 radical (unpaired) electrons. The summed E-state index contributed by atoms with van der Waals surface area (Å²) in [6, 6.07) is 17.5. The van der Waals surface area contributed by atoms with Crippen molar-refractivity contribution < 1.29 is 4.79 Å². The van der Waals surface area contributed by atoms with Gasteiger partial charge in [-0.05, 0) is 35.7 Å². The monoisotopic (exact) mass is 353 g/mol. The maximum absolute atomic E-state index is 12.4. The Balaban J connectivity index is 1.55. The lowest BCUT2D eigenvalue weighted by molar-refractivity contribution is -0.130. The number of aryl methyl sites for hydroxylation is 1. The number of rotatable bonds is 6. The van der Waals surface area contributed by atoms with Crippen LogP contribution in [0.3, 0.4) is 0 Å². The fourth-order valence-corrected chi connectivity index (χ4v) is 2.82. The van der Waals surface area contributed by atoms with Crippen molar-refractivity contribution in [2.75, 3.05) is 7.05 Å². The maximum atomic E-state index is 12.4. The van der Waals surface area contributed by atoms with E-state index in [1.54, 1.807) is 11.9 Å². The van der Waals surface area contributed by atoms with Crippen LogP contribution in [-0.2, 0) is 17.8 Å². The first kappa shape index (κ1) is 17.2. The highest BCUT2D eigenvalue weighted by Gasteiger charge is 2.12. The fraction of sp³-hybridized carbons (Fsp3) is 0.200. The maximum Gasteiger partial charge on any atom is 0.222 e. The smallest absolute Gasteiger partial charge is 0.222 e. The standard InChI is InChI=1S/C20H20ClN3O/c1-23(15-17-7-5-6-10-19(17)21)20(25)12-11-16-13-22-24(14-16)18-8-3-2-4-9-18/h2-10,13-14H,11-12,15H2,1H3. The minimum absolute atomic E-state index is 0.0902. The van der Waals surface area contributed by atoms with E-state index >= 15 is 0 Å². The number of carbonyl (C=O) groups excluding carboxylic acids is 1. The van der Waals surface area contributed by atoms with Crippen molar-refractivity contribution in [3.05, 3.63) is 83.1 Å². The van der Waals surface area contributed by atoms with E-state index < -0.39 is 0 Å². The quantitative estimate of drug-likeness (QED) is 0.668. The van der Waals surface area contributed by atoms with Gasteiger partial charge in [0.25, 0.3) is 0 Å². The number of halogens is 1. The number of hydrogen-bond donors (Lipinski definition) is 0. The van der Waals surface area contributed by atoms with Gasteiger partial charge in [-0.15, -0.1) is 0 Å². The average Bonchev–Trinajstić information content (AvgIpc) is 3.11. The van der Waals surface area contributed by atoms with Gasteiger partial charge < -0.3 is 4.90 Å². The highest BCUT2D eigenvalue weighted by atomic mass is 35.5. The molecule has 0 saturated heterocycles. The predicted molar refractivity (Wildman–Crippen MR) is 99.8 cm³/mol. The van der Waals surface area contributed by atoms with E-state index in [-0.39, 0.29) is 5.91 Å². The summed E-state index contributed by atoms with van der Waals surface area (Å²) in [6.45, 7) is 0.516. The number of nitrogens with zero attached hydrogens (tertiary/aromatic N) is 3. The van der Waals surface area contributed by atoms with Gasteiger partial charge in [0.1, 0.15) is 0 Å². The molecular formula is C20H20ClN3O. The number of hydrogen-bond acceptors (Lipinski definition) is 2. The Hall–Kier alpha value is -2.59. The van der Waals surface area contributed by atoms with Crippen molar-refractivity contribution in [3.8, 4) is 5.69 Å². The Kier molecular flexibility index (Phi) is 5.51. The van der Waals surface area contributed by atoms with Crippen LogP contribution in [0.4, 0.5) is 0 Å². The van der Waals surface area contributed by atoms with Gasteiger partial charge in [-0.25, -0.2) is 4.68 Å². The Morgan fingerprint density at radius 1 is 1.12 bits per heavy atom. The Morgan fingerprint density at radius 3 is 2.60 bits per heavy atom. The molecule has 0 aliphatic rings. The molecule has 0 aliphatic heterocycles. The van der Waals surface area contributed by atoms with Gasteiger partial charge in [-0.1, -0.05) is 48.0 Å². The van der Waals surface area contributed by atoms with E-state index in [2.05, 4.69) is 5.10 Å². The third-order valence-corrected chi connectivity index (χ3v) is 4.44. The van der Waals surface area contributed by atoms with Gasteiger partial charge in [0.15, 0.2) is 0 Å². The molecule has 0 spiro atoms. The molecule has 1 aromatic heterocycles. The molecule has 0 atom stereocenters. The van der Waals surface area contributed by atoms with Crippen LogP contribution in [-0.4, -0.2) is 27.6 Å². The zero-order valence-corrected chi connectivity index (χ0v) is 14.9. The van der Waals surface area contributed by atoms with Crippen LogP contribution in [0.5, 0.6) is 0 Å². The number of aromatic nitrogens is 2. The lowest BCUT2D eigenvalue weighted by Gasteiger charge is -2.17. The SMILES string of the molecule is CN(Cc1ccccc1Cl)C(=O)CCc1cnn(-c2ccccc2)c1. The lowest BCUT2D eigenvalue weighted by Crippen LogP contribution is -2.26. The second-order valence-electron chi connectivity index (χ2n) is 5.97. The van der Waals surface area contributed by atoms with E-state index in [1.165, 1.54) is 0 Å². The first-order valence-corrected chi connectivity index (χ1v) is 8.57. The summed E-state index contributed by atoms with van der Waals surface area (Å²) in [4.78, 5) is 14.1. The summed E-state index contributed by atoms with van der Waals surface area (Å²) in [7, 11) is 1.80. The van der Waals surface area contributed by atoms with Gasteiger partial charge in [-0.2, -0.15) is 5.10 Å². The molecule has 4 nitrogen and oxygen atoms in total. The van der Waals surface area contributed by atoms with Crippen molar-refractivity contribution >= 4 is 17.5 Å². The third kappa shape index (κ3) is 4.48. The molecule has 2 aromatic carbocycles. The summed E-state index contributed by atoms with van der Waals surface area (Å²) in [6.07, 6.45) is 4.89. The Labute approximate surface area is 152 Å². The lowest BCUT2D eigenvalue weighted by atomic mass is 10.1. The number of amides is 1. The number of benzene rings is 2. The average molecular weight is 354 g/mol. The molecule has 128 valence electrons. The molecule has 0 bridgehead atoms. The second-order valence-corrected chi connectivity index (χ2v) is 6.38. The molecule has 0 N–H and O–H groups in total. The molecular weight excluding hydrogens is 334 g/mol. The van der Waals surface area contributed by atoms with E-state index in [9.17, 15) is 4.79 Å². The molecule has 5 heteroatoms. The molecule has 25 heavy (non-hydrogen) atoms. The van der Waals surface area contributed by atoms with Crippen molar-refractivity contribution in [3.63, 3.8) is 0 Å². The van der Waals surface area contributed by atoms with Crippen LogP contribution in [0, 0.1) is 0 Å². The van der Waals surface area contributed by atoms with E-state index in [1.807, 2.05) is 71.7 Å². The minimum Gasteiger partial charge on any atom is -0.341 e. The van der Waals surface area contributed by atoms with Crippen LogP contribution < -0.4 is 0 Å². The van der Waals surface area contributed by atoms with Gasteiger partial charge >= 0.3 is 0 Å². The minimum atomic E-state index is 0.0902. The van der Waals surface area contributed by atoms with Crippen LogP contribution in [0.15, 0.2) is 67.0 Å². The van der Waals surface area contributed by atoms with E-state index in [4.69, 9.17) is 11.6 Å². The van der Waals surface area contributed by atoms with Crippen molar-refractivity contribution in [1.82, 2.24) is 14.7 Å². The Morgan fingerprint density at radius 2 is 1.84 bits per heavy atom. The summed E-state index contributed by atoms with van der Waals surface area (Å²) >= 11 is 6.16. The molecule has 0 saturated carbocycles. The summed E-state index contributed by atoms with van der Waals surface area (Å²) in [5.41, 5.74) is 3.01. The second kappa shape index (κ2) is 7.99. The number of para-hydroxylation sites is 1. The highest BCUT2D eigenvalue weighted by Crippen LogP contribution is 2.17. The summed E-state index contributed by atoms with van der Waals surface area (Å²) in [5.74, 6) is 0.0902. The summed E-state index contributed by atoms with van der Waals surface area (Å²) < 4.78 is 1.83. The molecule has 0 aliphatic carbocycles. The van der Waals surface area contributed by atoms with Gasteiger partial charge in [0.05, 0.1) is 11.9 Å². The van der Waals surface area contributed by atoms with Crippen molar-refractivity contribution in [2.24, 2.45) is 0 Å². The van der Waals surface area contributed by atoms with E-state index in [0.717, 1.165) is 16.8 Å². The normalized spacial score (nSPS) is 10.6. The molecule has 0 unspecified atom stereocenters. The first-order chi connectivity index (χ1) is 12.1. The Bertz CT molecular complexity index is 845. The van der Waals surface area contributed by atoms with Crippen LogP contribution in [0.2, 0.25) is 5.02 Å². The molecule has 1 heterocycles. The molecule has 3 rings (SSSR count). The zero-order chi connectivity index (χ0) is 17.6. The van der Waals surface area contributed by atoms with Gasteiger partial charge in [0.2, 0.25) is 5.91 Å². The topological polar surface area (TPSA) is 38.1 Å². The summed E-state index contributed by atoms with van der Waals surface area (Å²) in [5, 5.41) is 5.05. The van der Waals surface area contributed by atoms with Gasteiger partial charge in [0, 0.05) is 31.2 Å². The van der Waals surface area contributed by atoms with Crippen LogP contribution in [0.1, 0.15) is 17.5 Å². The van der Waals surface area contributed by atoms with Gasteiger partial charge in [-0.3, -0.25) is 4.79 Å². The van der Waals surface area contributed by atoms with Crippen LogP contribution in [0.25, 0.3) is 5.69 Å². The molecule has 0 fully saturated rings. The fourth-order valence-electron chi connectivity index (χ4n) is 2.62. The van der Waals surface area contributed by atoms with E-state index in [0.29, 0.717) is 24.4 Å². The zero-order valence-electron chi connectivity index (χ0n) is 14.1. The molecule has 3 aromatic rings. The molecule has 1 amide bonds. The predicted octanol–water partition coefficient (Wildman–Crippen LogP) is 4.12. The first-order valence-electron chi connectivity index (χ1n) is 8.20. The largest absolute Gasteiger partial charge is 0.341 e.